The van der Waals surface area contributed by atoms with Crippen LogP contribution in [0.2, 0.25) is 0 Å². The molecule has 1 aromatic heterocycles. The molecule has 1 fully saturated rings. The smallest absolute Gasteiger partial charge is 0.354 e. The predicted molar refractivity (Wildman–Crippen MR) is 80.9 cm³/mol. The van der Waals surface area contributed by atoms with E-state index in [4.69, 9.17) is 4.74 Å². The van der Waals surface area contributed by atoms with Crippen LogP contribution in [0.5, 0.6) is 0 Å². The van der Waals surface area contributed by atoms with Gasteiger partial charge in [0.1, 0.15) is 5.82 Å². The minimum absolute atomic E-state index is 0.0768. The van der Waals surface area contributed by atoms with Gasteiger partial charge in [-0.25, -0.2) is 9.78 Å². The number of carboxylic acid groups (broad SMARTS) is 1. The molecule has 1 aliphatic heterocycles. The summed E-state index contributed by atoms with van der Waals surface area (Å²) in [5.41, 5.74) is -0.187. The summed E-state index contributed by atoms with van der Waals surface area (Å²) >= 11 is 0. The fourth-order valence-electron chi connectivity index (χ4n) is 2.73. The van der Waals surface area contributed by atoms with E-state index >= 15 is 0 Å². The van der Waals surface area contributed by atoms with Gasteiger partial charge >= 0.3 is 5.97 Å². The van der Waals surface area contributed by atoms with E-state index in [-0.39, 0.29) is 11.3 Å². The largest absolute Gasteiger partial charge is 0.477 e. The number of hydrogen-bond donors (Lipinski definition) is 1. The molecule has 2 aromatic rings. The quantitative estimate of drug-likeness (QED) is 0.919. The summed E-state index contributed by atoms with van der Waals surface area (Å²) in [5, 5.41) is 11.1. The van der Waals surface area contributed by atoms with Crippen molar-refractivity contribution in [3.8, 4) is 0 Å². The van der Waals surface area contributed by atoms with Gasteiger partial charge in [0.05, 0.1) is 12.2 Å². The Hall–Kier alpha value is -2.14. The normalized spacial score (nSPS) is 17.9. The average molecular weight is 286 g/mol. The highest BCUT2D eigenvalue weighted by atomic mass is 16.5. The zero-order valence-corrected chi connectivity index (χ0v) is 12.2. The second kappa shape index (κ2) is 5.00. The Labute approximate surface area is 123 Å². The van der Waals surface area contributed by atoms with Gasteiger partial charge < -0.3 is 14.7 Å². The van der Waals surface area contributed by atoms with E-state index in [9.17, 15) is 9.90 Å². The van der Waals surface area contributed by atoms with Gasteiger partial charge in [0, 0.05) is 18.5 Å². The van der Waals surface area contributed by atoms with Gasteiger partial charge in [0.15, 0.2) is 5.69 Å². The number of fused-ring (bicyclic) bond motifs is 1. The van der Waals surface area contributed by atoms with E-state index < -0.39 is 5.97 Å². The monoisotopic (exact) mass is 286 g/mol. The Balaban J connectivity index is 2.13. The van der Waals surface area contributed by atoms with Crippen molar-refractivity contribution in [3.05, 3.63) is 36.0 Å². The molecule has 2 heterocycles. The lowest BCUT2D eigenvalue weighted by molar-refractivity contribution is -0.0278. The first kappa shape index (κ1) is 13.8. The average Bonchev–Trinajstić information content (AvgIpc) is 2.45. The summed E-state index contributed by atoms with van der Waals surface area (Å²) < 4.78 is 5.72. The van der Waals surface area contributed by atoms with Crippen molar-refractivity contribution in [3.63, 3.8) is 0 Å². The van der Waals surface area contributed by atoms with Gasteiger partial charge in [-0.2, -0.15) is 0 Å². The Morgan fingerprint density at radius 2 is 2.14 bits per heavy atom. The third kappa shape index (κ3) is 2.69. The molecule has 0 atom stereocenters. The highest BCUT2D eigenvalue weighted by Gasteiger charge is 2.29. The van der Waals surface area contributed by atoms with Crippen LogP contribution in [0.15, 0.2) is 30.3 Å². The van der Waals surface area contributed by atoms with Crippen molar-refractivity contribution in [1.29, 1.82) is 0 Å². The Morgan fingerprint density at radius 3 is 2.86 bits per heavy atom. The number of ether oxygens (including phenoxy) is 1. The van der Waals surface area contributed by atoms with E-state index in [1.165, 1.54) is 0 Å². The van der Waals surface area contributed by atoms with Crippen molar-refractivity contribution < 1.29 is 14.6 Å². The molecule has 0 aliphatic carbocycles. The maximum atomic E-state index is 11.3. The van der Waals surface area contributed by atoms with Crippen LogP contribution in [0, 0.1) is 0 Å². The molecule has 0 spiro atoms. The van der Waals surface area contributed by atoms with Crippen molar-refractivity contribution in [2.75, 3.05) is 24.6 Å². The summed E-state index contributed by atoms with van der Waals surface area (Å²) in [7, 11) is 0. The second-order valence-corrected chi connectivity index (χ2v) is 5.89. The highest BCUT2D eigenvalue weighted by Crippen LogP contribution is 2.29. The molecule has 0 unspecified atom stereocenters. The highest BCUT2D eigenvalue weighted by molar-refractivity contribution is 5.98. The van der Waals surface area contributed by atoms with Gasteiger partial charge in [0.25, 0.3) is 0 Å². The molecule has 1 saturated heterocycles. The van der Waals surface area contributed by atoms with Crippen LogP contribution in [0.4, 0.5) is 5.82 Å². The fourth-order valence-corrected chi connectivity index (χ4v) is 2.73. The Bertz CT molecular complexity index is 697. The van der Waals surface area contributed by atoms with Gasteiger partial charge in [-0.15, -0.1) is 0 Å². The molecule has 110 valence electrons. The SMILES string of the molecule is CC1(C)CN(c2nc(C(=O)O)cc3ccccc23)CCO1. The van der Waals surface area contributed by atoms with E-state index in [1.807, 2.05) is 38.1 Å². The van der Waals surface area contributed by atoms with Crippen molar-refractivity contribution in [1.82, 2.24) is 4.98 Å². The van der Waals surface area contributed by atoms with Crippen LogP contribution in [0.3, 0.4) is 0 Å². The number of hydrogen-bond acceptors (Lipinski definition) is 4. The molecule has 5 heteroatoms. The third-order valence-corrected chi connectivity index (χ3v) is 3.66. The molecule has 0 amide bonds. The molecule has 1 aromatic carbocycles. The molecule has 0 bridgehead atoms. The lowest BCUT2D eigenvalue weighted by Gasteiger charge is -2.39. The Morgan fingerprint density at radius 1 is 1.38 bits per heavy atom. The molecule has 1 N–H and O–H groups in total. The third-order valence-electron chi connectivity index (χ3n) is 3.66. The van der Waals surface area contributed by atoms with Crippen LogP contribution < -0.4 is 4.90 Å². The number of anilines is 1. The van der Waals surface area contributed by atoms with Crippen molar-refractivity contribution in [2.45, 2.75) is 19.4 Å². The topological polar surface area (TPSA) is 62.7 Å². The zero-order valence-electron chi connectivity index (χ0n) is 12.2. The summed E-state index contributed by atoms with van der Waals surface area (Å²) in [6.45, 7) is 6.07. The number of rotatable bonds is 2. The molecular weight excluding hydrogens is 268 g/mol. The Kier molecular flexibility index (Phi) is 3.29. The second-order valence-electron chi connectivity index (χ2n) is 5.89. The van der Waals surface area contributed by atoms with Crippen LogP contribution in [-0.4, -0.2) is 41.4 Å². The van der Waals surface area contributed by atoms with E-state index in [2.05, 4.69) is 9.88 Å². The van der Waals surface area contributed by atoms with E-state index in [1.54, 1.807) is 6.07 Å². The van der Waals surface area contributed by atoms with Crippen LogP contribution in [-0.2, 0) is 4.74 Å². The van der Waals surface area contributed by atoms with Crippen LogP contribution in [0.1, 0.15) is 24.3 Å². The number of morpholine rings is 1. The lowest BCUT2D eigenvalue weighted by atomic mass is 10.1. The summed E-state index contributed by atoms with van der Waals surface area (Å²) in [6.07, 6.45) is 0. The molecule has 0 radical (unpaired) electrons. The maximum Gasteiger partial charge on any atom is 0.354 e. The number of carboxylic acids is 1. The van der Waals surface area contributed by atoms with Gasteiger partial charge in [-0.1, -0.05) is 24.3 Å². The lowest BCUT2D eigenvalue weighted by Crippen LogP contribution is -2.48. The van der Waals surface area contributed by atoms with Crippen LogP contribution >= 0.6 is 0 Å². The first-order valence-electron chi connectivity index (χ1n) is 6.98. The standard InChI is InChI=1S/C16H18N2O3/c1-16(2)10-18(7-8-21-16)14-12-6-4-3-5-11(12)9-13(17-14)15(19)20/h3-6,9H,7-8,10H2,1-2H3,(H,19,20). The minimum atomic E-state index is -1.01. The van der Waals surface area contributed by atoms with Crippen molar-refractivity contribution >= 4 is 22.6 Å². The molecule has 5 nitrogen and oxygen atoms in total. The number of aromatic carboxylic acids is 1. The maximum absolute atomic E-state index is 11.3. The number of aromatic nitrogens is 1. The first-order valence-corrected chi connectivity index (χ1v) is 6.98. The van der Waals surface area contributed by atoms with Gasteiger partial charge in [-0.3, -0.25) is 0 Å². The zero-order chi connectivity index (χ0) is 15.0. The summed E-state index contributed by atoms with van der Waals surface area (Å²) in [5.74, 6) is -0.281. The molecular formula is C16H18N2O3. The minimum Gasteiger partial charge on any atom is -0.477 e. The molecule has 0 saturated carbocycles. The predicted octanol–water partition coefficient (Wildman–Crippen LogP) is 2.55. The number of nitrogens with zero attached hydrogens (tertiary/aromatic N) is 2. The molecule has 1 aliphatic rings. The van der Waals surface area contributed by atoms with E-state index in [0.29, 0.717) is 19.7 Å². The van der Waals surface area contributed by atoms with Gasteiger partial charge in [-0.05, 0) is 25.3 Å². The van der Waals surface area contributed by atoms with Gasteiger partial charge in [0.2, 0.25) is 0 Å². The van der Waals surface area contributed by atoms with E-state index in [0.717, 1.165) is 16.6 Å². The number of benzene rings is 1. The summed E-state index contributed by atoms with van der Waals surface area (Å²) in [6, 6.07) is 9.36. The first-order chi connectivity index (χ1) is 9.96. The van der Waals surface area contributed by atoms with Crippen LogP contribution in [0.25, 0.3) is 10.8 Å². The number of pyridine rings is 1. The molecule has 3 rings (SSSR count). The summed E-state index contributed by atoms with van der Waals surface area (Å²) in [4.78, 5) is 17.8. The number of carbonyl (C=O) groups is 1. The van der Waals surface area contributed by atoms with Crippen molar-refractivity contribution in [2.24, 2.45) is 0 Å². The fraction of sp³-hybridized carbons (Fsp3) is 0.375. The molecule has 21 heavy (non-hydrogen) atoms.